The number of nitrogens with one attached hydrogen (secondary N) is 2. The maximum absolute atomic E-state index is 12.4. The van der Waals surface area contributed by atoms with Crippen LogP contribution in [0.15, 0.2) is 11.4 Å². The first kappa shape index (κ1) is 14.3. The summed E-state index contributed by atoms with van der Waals surface area (Å²) in [5, 5.41) is 12.1. The minimum absolute atomic E-state index is 0.00246. The number of rotatable bonds is 2. The number of H-pyrrole nitrogens is 1. The third kappa shape index (κ3) is 2.88. The first-order valence-corrected chi connectivity index (χ1v) is 8.29. The van der Waals surface area contributed by atoms with Gasteiger partial charge in [-0.2, -0.15) is 5.10 Å². The van der Waals surface area contributed by atoms with Crippen LogP contribution >= 0.6 is 11.3 Å². The van der Waals surface area contributed by atoms with Gasteiger partial charge in [-0.25, -0.2) is 0 Å². The van der Waals surface area contributed by atoms with E-state index in [2.05, 4.69) is 36.3 Å². The monoisotopic (exact) mass is 303 g/mol. The number of anilines is 1. The Morgan fingerprint density at radius 1 is 1.33 bits per heavy atom. The van der Waals surface area contributed by atoms with Gasteiger partial charge in [0.1, 0.15) is 0 Å². The Bertz CT molecular complexity index is 663. The highest BCUT2D eigenvalue weighted by atomic mass is 32.1. The summed E-state index contributed by atoms with van der Waals surface area (Å²) >= 11 is 1.71. The minimum atomic E-state index is -0.0404. The Morgan fingerprint density at radius 3 is 2.81 bits per heavy atom. The third-order valence-electron chi connectivity index (χ3n) is 3.93. The van der Waals surface area contributed by atoms with Gasteiger partial charge in [-0.05, 0) is 31.2 Å². The lowest BCUT2D eigenvalue weighted by Crippen LogP contribution is -2.15. The molecule has 2 aromatic heterocycles. The average Bonchev–Trinajstić information content (AvgIpc) is 3.03. The lowest BCUT2D eigenvalue weighted by atomic mass is 9.92. The van der Waals surface area contributed by atoms with Gasteiger partial charge in [0, 0.05) is 27.4 Å². The molecule has 0 atom stereocenters. The number of thiophene rings is 1. The SMILES string of the molecule is CC(C)(C)c1cc(NC(=O)c2csc3c2CCCC3)n[nH]1. The van der Waals surface area contributed by atoms with Crippen LogP contribution in [0.5, 0.6) is 0 Å². The molecule has 4 nitrogen and oxygen atoms in total. The maximum atomic E-state index is 12.4. The summed E-state index contributed by atoms with van der Waals surface area (Å²) in [4.78, 5) is 13.8. The number of carbonyl (C=O) groups is 1. The van der Waals surface area contributed by atoms with E-state index in [1.807, 2.05) is 11.4 Å². The molecule has 1 aliphatic rings. The van der Waals surface area contributed by atoms with Crippen LogP contribution in [0.2, 0.25) is 0 Å². The van der Waals surface area contributed by atoms with Crippen molar-refractivity contribution in [3.8, 4) is 0 Å². The molecule has 1 aliphatic carbocycles. The lowest BCUT2D eigenvalue weighted by Gasteiger charge is -2.14. The standard InChI is InChI=1S/C16H21N3OS/c1-16(2,3)13-8-14(19-18-13)17-15(20)11-9-21-12-7-5-4-6-10(11)12/h8-9H,4-7H2,1-3H3,(H2,17,18,19,20). The van der Waals surface area contributed by atoms with E-state index in [1.54, 1.807) is 11.3 Å². The Kier molecular flexibility index (Phi) is 3.61. The van der Waals surface area contributed by atoms with Crippen molar-refractivity contribution in [2.75, 3.05) is 5.32 Å². The first-order valence-electron chi connectivity index (χ1n) is 7.41. The van der Waals surface area contributed by atoms with Crippen LogP contribution in [0.3, 0.4) is 0 Å². The van der Waals surface area contributed by atoms with Crippen molar-refractivity contribution >= 4 is 23.1 Å². The van der Waals surface area contributed by atoms with Crippen LogP contribution in [0.25, 0.3) is 0 Å². The van der Waals surface area contributed by atoms with E-state index in [4.69, 9.17) is 0 Å². The highest BCUT2D eigenvalue weighted by Gasteiger charge is 2.22. The van der Waals surface area contributed by atoms with Crippen molar-refractivity contribution < 1.29 is 4.79 Å². The maximum Gasteiger partial charge on any atom is 0.257 e. The second-order valence-corrected chi connectivity index (χ2v) is 7.59. The molecule has 0 saturated carbocycles. The van der Waals surface area contributed by atoms with Crippen molar-refractivity contribution in [1.82, 2.24) is 10.2 Å². The molecule has 0 bridgehead atoms. The van der Waals surface area contributed by atoms with Gasteiger partial charge >= 0.3 is 0 Å². The number of aromatic nitrogens is 2. The molecule has 112 valence electrons. The van der Waals surface area contributed by atoms with Crippen molar-refractivity contribution in [1.29, 1.82) is 0 Å². The zero-order chi connectivity index (χ0) is 15.0. The number of hydrogen-bond donors (Lipinski definition) is 2. The molecule has 5 heteroatoms. The predicted molar refractivity (Wildman–Crippen MR) is 86.2 cm³/mol. The molecule has 0 unspecified atom stereocenters. The Balaban J connectivity index is 1.78. The van der Waals surface area contributed by atoms with Crippen molar-refractivity contribution in [2.45, 2.75) is 51.9 Å². The number of aromatic amines is 1. The van der Waals surface area contributed by atoms with Crippen LogP contribution in [-0.2, 0) is 18.3 Å². The van der Waals surface area contributed by atoms with E-state index in [1.165, 1.54) is 23.3 Å². The van der Waals surface area contributed by atoms with Gasteiger partial charge < -0.3 is 5.32 Å². The average molecular weight is 303 g/mol. The topological polar surface area (TPSA) is 57.8 Å². The molecule has 2 N–H and O–H groups in total. The Morgan fingerprint density at radius 2 is 2.10 bits per heavy atom. The first-order chi connectivity index (χ1) is 9.95. The van der Waals surface area contributed by atoms with Gasteiger partial charge in [0.2, 0.25) is 0 Å². The molecular weight excluding hydrogens is 282 g/mol. The molecule has 0 fully saturated rings. The number of amides is 1. The number of hydrogen-bond acceptors (Lipinski definition) is 3. The fourth-order valence-corrected chi connectivity index (χ4v) is 3.76. The van der Waals surface area contributed by atoms with Crippen LogP contribution in [0.1, 0.15) is 60.1 Å². The van der Waals surface area contributed by atoms with Gasteiger partial charge in [0.15, 0.2) is 5.82 Å². The number of carbonyl (C=O) groups excluding carboxylic acids is 1. The second-order valence-electron chi connectivity index (χ2n) is 6.63. The summed E-state index contributed by atoms with van der Waals surface area (Å²) in [6.07, 6.45) is 4.56. The van der Waals surface area contributed by atoms with Crippen LogP contribution < -0.4 is 5.32 Å². The van der Waals surface area contributed by atoms with Crippen molar-refractivity contribution in [3.63, 3.8) is 0 Å². The number of aryl methyl sites for hydroxylation is 1. The van der Waals surface area contributed by atoms with Gasteiger partial charge in [-0.15, -0.1) is 11.3 Å². The molecule has 0 radical (unpaired) electrons. The van der Waals surface area contributed by atoms with E-state index >= 15 is 0 Å². The summed E-state index contributed by atoms with van der Waals surface area (Å²) < 4.78 is 0. The molecule has 1 amide bonds. The molecule has 2 heterocycles. The summed E-state index contributed by atoms with van der Waals surface area (Å²) in [5.41, 5.74) is 3.09. The molecule has 0 aliphatic heterocycles. The van der Waals surface area contributed by atoms with Gasteiger partial charge in [-0.1, -0.05) is 20.8 Å². The molecular formula is C16H21N3OS. The van der Waals surface area contributed by atoms with Crippen LogP contribution in [0, 0.1) is 0 Å². The van der Waals surface area contributed by atoms with E-state index in [0.29, 0.717) is 5.82 Å². The zero-order valence-corrected chi connectivity index (χ0v) is 13.6. The quantitative estimate of drug-likeness (QED) is 0.884. The van der Waals surface area contributed by atoms with Crippen LogP contribution in [0.4, 0.5) is 5.82 Å². The third-order valence-corrected chi connectivity index (χ3v) is 5.02. The summed E-state index contributed by atoms with van der Waals surface area (Å²) in [5.74, 6) is 0.557. The van der Waals surface area contributed by atoms with Crippen molar-refractivity contribution in [2.24, 2.45) is 0 Å². The van der Waals surface area contributed by atoms with Gasteiger partial charge in [-0.3, -0.25) is 9.89 Å². The zero-order valence-electron chi connectivity index (χ0n) is 12.7. The lowest BCUT2D eigenvalue weighted by molar-refractivity contribution is 0.102. The van der Waals surface area contributed by atoms with E-state index in [-0.39, 0.29) is 11.3 Å². The molecule has 21 heavy (non-hydrogen) atoms. The summed E-state index contributed by atoms with van der Waals surface area (Å²) in [6.45, 7) is 6.34. The summed E-state index contributed by atoms with van der Waals surface area (Å²) in [6, 6.07) is 1.91. The fourth-order valence-electron chi connectivity index (χ4n) is 2.64. The highest BCUT2D eigenvalue weighted by molar-refractivity contribution is 7.10. The number of nitrogens with zero attached hydrogens (tertiary/aromatic N) is 1. The molecule has 0 spiro atoms. The number of fused-ring (bicyclic) bond motifs is 1. The largest absolute Gasteiger partial charge is 0.305 e. The van der Waals surface area contributed by atoms with Gasteiger partial charge in [0.25, 0.3) is 5.91 Å². The molecule has 0 aromatic carbocycles. The molecule has 3 rings (SSSR count). The van der Waals surface area contributed by atoms with Gasteiger partial charge in [0.05, 0.1) is 5.56 Å². The van der Waals surface area contributed by atoms with Crippen LogP contribution in [-0.4, -0.2) is 16.1 Å². The van der Waals surface area contributed by atoms with Crippen molar-refractivity contribution in [3.05, 3.63) is 33.1 Å². The van der Waals surface area contributed by atoms with E-state index in [9.17, 15) is 4.79 Å². The molecule has 2 aromatic rings. The normalized spacial score (nSPS) is 14.8. The Labute approximate surface area is 129 Å². The fraction of sp³-hybridized carbons (Fsp3) is 0.500. The van der Waals surface area contributed by atoms with E-state index in [0.717, 1.165) is 24.1 Å². The highest BCUT2D eigenvalue weighted by Crippen LogP contribution is 2.30. The van der Waals surface area contributed by atoms with E-state index < -0.39 is 0 Å². The predicted octanol–water partition coefficient (Wildman–Crippen LogP) is 3.90. The second kappa shape index (κ2) is 5.30. The molecule has 0 saturated heterocycles. The minimum Gasteiger partial charge on any atom is -0.305 e. The smallest absolute Gasteiger partial charge is 0.257 e. The Hall–Kier alpha value is -1.62. The summed E-state index contributed by atoms with van der Waals surface area (Å²) in [7, 11) is 0.